The van der Waals surface area contributed by atoms with E-state index < -0.39 is 5.72 Å². The van der Waals surface area contributed by atoms with Gasteiger partial charge in [-0.25, -0.2) is 4.68 Å². The van der Waals surface area contributed by atoms with Crippen LogP contribution in [-0.2, 0) is 20.9 Å². The SMILES string of the molecule is O=C(CCn1cnnn1)N1CC[C@@]23OCCCN2C(=O)C[C@@H]13. The lowest BCUT2D eigenvalue weighted by Gasteiger charge is -2.42. The Morgan fingerprint density at radius 1 is 1.45 bits per heavy atom. The lowest BCUT2D eigenvalue weighted by atomic mass is 10.0. The third-order valence-electron chi connectivity index (χ3n) is 4.88. The first kappa shape index (κ1) is 13.6. The highest BCUT2D eigenvalue weighted by Crippen LogP contribution is 2.44. The fourth-order valence-corrected chi connectivity index (χ4v) is 3.88. The molecule has 0 bridgehead atoms. The molecule has 1 spiro atoms. The first-order chi connectivity index (χ1) is 10.7. The van der Waals surface area contributed by atoms with Gasteiger partial charge in [-0.1, -0.05) is 0 Å². The summed E-state index contributed by atoms with van der Waals surface area (Å²) in [5, 5.41) is 10.9. The number of likely N-dealkylation sites (tertiary alicyclic amines) is 1. The first-order valence-corrected chi connectivity index (χ1v) is 7.65. The van der Waals surface area contributed by atoms with E-state index in [4.69, 9.17) is 4.74 Å². The Bertz CT molecular complexity index is 591. The topological polar surface area (TPSA) is 93.4 Å². The molecule has 3 aliphatic rings. The van der Waals surface area contributed by atoms with E-state index in [2.05, 4.69) is 15.5 Å². The molecule has 9 heteroatoms. The van der Waals surface area contributed by atoms with Gasteiger partial charge in [-0.15, -0.1) is 5.10 Å². The molecule has 9 nitrogen and oxygen atoms in total. The Labute approximate surface area is 127 Å². The maximum absolute atomic E-state index is 12.5. The molecule has 3 saturated heterocycles. The van der Waals surface area contributed by atoms with Gasteiger partial charge in [0.1, 0.15) is 6.33 Å². The molecule has 1 aromatic heterocycles. The second-order valence-corrected chi connectivity index (χ2v) is 5.97. The zero-order chi connectivity index (χ0) is 15.2. The summed E-state index contributed by atoms with van der Waals surface area (Å²) in [5.74, 6) is 0.129. The summed E-state index contributed by atoms with van der Waals surface area (Å²) in [4.78, 5) is 28.4. The lowest BCUT2D eigenvalue weighted by molar-refractivity contribution is -0.181. The average molecular weight is 306 g/mol. The molecule has 118 valence electrons. The van der Waals surface area contributed by atoms with Crippen molar-refractivity contribution in [2.75, 3.05) is 19.7 Å². The molecule has 4 heterocycles. The Hall–Kier alpha value is -2.03. The molecule has 0 aromatic carbocycles. The van der Waals surface area contributed by atoms with E-state index in [-0.39, 0.29) is 17.9 Å². The van der Waals surface area contributed by atoms with Crippen LogP contribution < -0.4 is 0 Å². The fourth-order valence-electron chi connectivity index (χ4n) is 3.88. The van der Waals surface area contributed by atoms with Crippen molar-refractivity contribution in [2.45, 2.75) is 44.0 Å². The number of aryl methyl sites for hydroxylation is 1. The van der Waals surface area contributed by atoms with Gasteiger partial charge in [-0.05, 0) is 16.8 Å². The highest BCUT2D eigenvalue weighted by molar-refractivity contribution is 5.84. The Morgan fingerprint density at radius 3 is 3.18 bits per heavy atom. The predicted molar refractivity (Wildman–Crippen MR) is 72.2 cm³/mol. The van der Waals surface area contributed by atoms with Gasteiger partial charge in [0.15, 0.2) is 5.72 Å². The van der Waals surface area contributed by atoms with Gasteiger partial charge in [0.25, 0.3) is 0 Å². The molecule has 0 aliphatic carbocycles. The number of hydrogen-bond donors (Lipinski definition) is 0. The highest BCUT2D eigenvalue weighted by atomic mass is 16.5. The fraction of sp³-hybridized carbons (Fsp3) is 0.769. The monoisotopic (exact) mass is 306 g/mol. The maximum atomic E-state index is 12.5. The number of tetrazole rings is 1. The minimum absolute atomic E-state index is 0.0289. The number of carbonyl (C=O) groups is 2. The summed E-state index contributed by atoms with van der Waals surface area (Å²) in [7, 11) is 0. The summed E-state index contributed by atoms with van der Waals surface area (Å²) in [6.45, 7) is 2.48. The van der Waals surface area contributed by atoms with Gasteiger partial charge in [0.2, 0.25) is 11.8 Å². The van der Waals surface area contributed by atoms with Gasteiger partial charge in [-0.3, -0.25) is 9.59 Å². The smallest absolute Gasteiger partial charge is 0.227 e. The van der Waals surface area contributed by atoms with Crippen LogP contribution >= 0.6 is 0 Å². The lowest BCUT2D eigenvalue weighted by Crippen LogP contribution is -2.56. The molecule has 3 aliphatic heterocycles. The normalized spacial score (nSPS) is 30.5. The van der Waals surface area contributed by atoms with Gasteiger partial charge >= 0.3 is 0 Å². The van der Waals surface area contributed by atoms with Crippen molar-refractivity contribution in [3.63, 3.8) is 0 Å². The zero-order valence-corrected chi connectivity index (χ0v) is 12.2. The number of ether oxygens (including phenoxy) is 1. The number of hydrogen-bond acceptors (Lipinski definition) is 6. The summed E-state index contributed by atoms with van der Waals surface area (Å²) in [6, 6.07) is -0.151. The van der Waals surface area contributed by atoms with E-state index in [1.165, 1.54) is 11.0 Å². The molecular weight excluding hydrogens is 288 g/mol. The predicted octanol–water partition coefficient (Wildman–Crippen LogP) is -0.987. The van der Waals surface area contributed by atoms with Crippen LogP contribution in [0.1, 0.15) is 25.7 Å². The summed E-state index contributed by atoms with van der Waals surface area (Å²) >= 11 is 0. The molecule has 3 fully saturated rings. The zero-order valence-electron chi connectivity index (χ0n) is 12.2. The van der Waals surface area contributed by atoms with E-state index in [9.17, 15) is 9.59 Å². The van der Waals surface area contributed by atoms with Crippen LogP contribution in [0.25, 0.3) is 0 Å². The van der Waals surface area contributed by atoms with E-state index in [1.807, 2.05) is 9.80 Å². The molecule has 0 saturated carbocycles. The second-order valence-electron chi connectivity index (χ2n) is 5.97. The van der Waals surface area contributed by atoms with Gasteiger partial charge in [0.05, 0.1) is 25.6 Å². The van der Waals surface area contributed by atoms with Crippen molar-refractivity contribution < 1.29 is 14.3 Å². The first-order valence-electron chi connectivity index (χ1n) is 7.65. The number of amides is 2. The molecular formula is C13H18N6O3. The molecule has 22 heavy (non-hydrogen) atoms. The van der Waals surface area contributed by atoms with Crippen molar-refractivity contribution in [2.24, 2.45) is 0 Å². The summed E-state index contributed by atoms with van der Waals surface area (Å²) < 4.78 is 7.52. The number of carbonyl (C=O) groups excluding carboxylic acids is 2. The number of nitrogens with zero attached hydrogens (tertiary/aromatic N) is 6. The van der Waals surface area contributed by atoms with Crippen molar-refractivity contribution in [1.82, 2.24) is 30.0 Å². The van der Waals surface area contributed by atoms with Gasteiger partial charge in [-0.2, -0.15) is 0 Å². The molecule has 2 atom stereocenters. The maximum Gasteiger partial charge on any atom is 0.227 e. The standard InChI is InChI=1S/C13H18N6O3/c20-11(2-5-17-9-14-15-16-17)18-6-3-13-10(18)8-12(21)19(13)4-1-7-22-13/h9-10H,1-8H2/t10-,13+/m1/s1. The largest absolute Gasteiger partial charge is 0.353 e. The van der Waals surface area contributed by atoms with E-state index >= 15 is 0 Å². The molecule has 2 amide bonds. The van der Waals surface area contributed by atoms with Crippen molar-refractivity contribution in [3.8, 4) is 0 Å². The molecule has 0 unspecified atom stereocenters. The quantitative estimate of drug-likeness (QED) is 0.712. The van der Waals surface area contributed by atoms with Crippen LogP contribution in [0, 0.1) is 0 Å². The summed E-state index contributed by atoms with van der Waals surface area (Å²) in [5.41, 5.74) is -0.570. The van der Waals surface area contributed by atoms with E-state index in [1.54, 1.807) is 0 Å². The van der Waals surface area contributed by atoms with E-state index in [0.29, 0.717) is 39.0 Å². The molecule has 0 radical (unpaired) electrons. The van der Waals surface area contributed by atoms with Crippen LogP contribution in [-0.4, -0.2) is 73.3 Å². The Balaban J connectivity index is 1.47. The van der Waals surface area contributed by atoms with Crippen molar-refractivity contribution >= 4 is 11.8 Å². The summed E-state index contributed by atoms with van der Waals surface area (Å²) in [6.07, 6.45) is 3.76. The average Bonchev–Trinajstić information content (AvgIpc) is 3.20. The second kappa shape index (κ2) is 5.01. The van der Waals surface area contributed by atoms with Crippen LogP contribution in [0.2, 0.25) is 0 Å². The third-order valence-corrected chi connectivity index (χ3v) is 4.88. The number of aromatic nitrogens is 4. The Kier molecular flexibility index (Phi) is 3.10. The van der Waals surface area contributed by atoms with Crippen LogP contribution in [0.4, 0.5) is 0 Å². The van der Waals surface area contributed by atoms with Crippen LogP contribution in [0.15, 0.2) is 6.33 Å². The Morgan fingerprint density at radius 2 is 2.36 bits per heavy atom. The van der Waals surface area contributed by atoms with Gasteiger partial charge in [0, 0.05) is 25.9 Å². The molecule has 4 rings (SSSR count). The highest BCUT2D eigenvalue weighted by Gasteiger charge is 2.61. The van der Waals surface area contributed by atoms with Crippen molar-refractivity contribution in [3.05, 3.63) is 6.33 Å². The third kappa shape index (κ3) is 1.92. The minimum Gasteiger partial charge on any atom is -0.353 e. The van der Waals surface area contributed by atoms with E-state index in [0.717, 1.165) is 13.0 Å². The van der Waals surface area contributed by atoms with Crippen LogP contribution in [0.5, 0.6) is 0 Å². The van der Waals surface area contributed by atoms with Crippen molar-refractivity contribution in [1.29, 1.82) is 0 Å². The molecule has 0 N–H and O–H groups in total. The minimum atomic E-state index is -0.570. The van der Waals surface area contributed by atoms with Crippen LogP contribution in [0.3, 0.4) is 0 Å². The molecule has 1 aromatic rings. The van der Waals surface area contributed by atoms with Gasteiger partial charge < -0.3 is 14.5 Å². The number of rotatable bonds is 3.